The molecule has 0 amide bonds. The van der Waals surface area contributed by atoms with Crippen molar-refractivity contribution in [1.29, 1.82) is 0 Å². The van der Waals surface area contributed by atoms with Gasteiger partial charge in [-0.1, -0.05) is 52.9 Å². The first-order chi connectivity index (χ1) is 9.27. The maximum Gasteiger partial charge on any atom is -0.00359 e. The van der Waals surface area contributed by atoms with E-state index < -0.39 is 0 Å². The molecule has 0 unspecified atom stereocenters. The third-order valence-corrected chi connectivity index (χ3v) is 5.31. The van der Waals surface area contributed by atoms with E-state index in [2.05, 4.69) is 50.7 Å². The molecule has 0 aromatic carbocycles. The number of hydrogen-bond acceptors (Lipinski definition) is 2. The summed E-state index contributed by atoms with van der Waals surface area (Å²) in [5, 5.41) is 0. The Morgan fingerprint density at radius 2 is 1.58 bits per heavy atom. The second-order valence-corrected chi connectivity index (χ2v) is 8.09. The molecule has 19 heavy (non-hydrogen) atoms. The van der Waals surface area contributed by atoms with E-state index in [0.29, 0.717) is 0 Å². The molecule has 0 rings (SSSR count). The minimum Gasteiger partial charge on any atom is -0.162 e. The molecule has 0 bridgehead atoms. The number of rotatable bonds is 15. The average molecular weight is 304 g/mol. The standard InChI is InChI=1S/C17H35S2/c1-4-5-6-7-8-13-18-14-9-10-15-19-16-11-12-17(2)3/h9,17H,4-8,10-16H2,1-3H3. The van der Waals surface area contributed by atoms with Crippen molar-refractivity contribution in [3.63, 3.8) is 0 Å². The normalized spacial score (nSPS) is 11.4. The molecule has 0 atom stereocenters. The summed E-state index contributed by atoms with van der Waals surface area (Å²) in [6, 6.07) is 0. The van der Waals surface area contributed by atoms with Gasteiger partial charge < -0.3 is 0 Å². The van der Waals surface area contributed by atoms with Gasteiger partial charge in [-0.15, -0.1) is 0 Å². The maximum atomic E-state index is 2.48. The van der Waals surface area contributed by atoms with Gasteiger partial charge in [-0.3, -0.25) is 0 Å². The lowest BCUT2D eigenvalue weighted by Crippen LogP contribution is -1.91. The molecular formula is C17H35S2. The Balaban J connectivity index is 2.91. The second-order valence-electron chi connectivity index (χ2n) is 5.71. The van der Waals surface area contributed by atoms with Gasteiger partial charge >= 0.3 is 0 Å². The molecule has 0 heterocycles. The third-order valence-electron chi connectivity index (χ3n) is 3.16. The van der Waals surface area contributed by atoms with E-state index in [-0.39, 0.29) is 0 Å². The van der Waals surface area contributed by atoms with Gasteiger partial charge in [0.25, 0.3) is 0 Å². The van der Waals surface area contributed by atoms with Gasteiger partial charge in [0.2, 0.25) is 0 Å². The summed E-state index contributed by atoms with van der Waals surface area (Å²) in [7, 11) is 0. The van der Waals surface area contributed by atoms with Crippen LogP contribution in [0, 0.1) is 12.3 Å². The van der Waals surface area contributed by atoms with Gasteiger partial charge in [0, 0.05) is 0 Å². The van der Waals surface area contributed by atoms with Crippen molar-refractivity contribution < 1.29 is 0 Å². The fraction of sp³-hybridized carbons (Fsp3) is 0.941. The van der Waals surface area contributed by atoms with E-state index in [0.717, 1.165) is 5.92 Å². The summed E-state index contributed by atoms with van der Waals surface area (Å²) >= 11 is 4.25. The van der Waals surface area contributed by atoms with Crippen LogP contribution in [0.4, 0.5) is 0 Å². The zero-order valence-corrected chi connectivity index (χ0v) is 15.1. The smallest absolute Gasteiger partial charge is 0.00359 e. The first kappa shape index (κ1) is 19.7. The van der Waals surface area contributed by atoms with Crippen molar-refractivity contribution in [3.8, 4) is 0 Å². The third kappa shape index (κ3) is 18.7. The Hall–Kier alpha value is 0.700. The van der Waals surface area contributed by atoms with E-state index in [1.165, 1.54) is 74.4 Å². The van der Waals surface area contributed by atoms with Crippen LogP contribution in [0.15, 0.2) is 0 Å². The van der Waals surface area contributed by atoms with Crippen LogP contribution < -0.4 is 0 Å². The average Bonchev–Trinajstić information content (AvgIpc) is 2.39. The Labute approximate surface area is 131 Å². The Morgan fingerprint density at radius 1 is 0.842 bits per heavy atom. The first-order valence-corrected chi connectivity index (χ1v) is 10.6. The molecule has 2 heteroatoms. The summed E-state index contributed by atoms with van der Waals surface area (Å²) < 4.78 is 0. The van der Waals surface area contributed by atoms with Crippen LogP contribution in [-0.4, -0.2) is 23.0 Å². The van der Waals surface area contributed by atoms with Crippen molar-refractivity contribution in [1.82, 2.24) is 0 Å². The Morgan fingerprint density at radius 3 is 2.32 bits per heavy atom. The van der Waals surface area contributed by atoms with Crippen LogP contribution in [0.1, 0.15) is 72.1 Å². The molecule has 0 saturated heterocycles. The zero-order valence-electron chi connectivity index (χ0n) is 13.5. The summed E-state index contributed by atoms with van der Waals surface area (Å²) in [6.45, 7) is 6.92. The SMILES string of the molecule is CCCCCCCSC[CH]CCSCCCC(C)C. The quantitative estimate of drug-likeness (QED) is 0.319. The zero-order chi connectivity index (χ0) is 14.2. The lowest BCUT2D eigenvalue weighted by Gasteiger charge is -2.04. The number of thioether (sulfide) groups is 2. The maximum absolute atomic E-state index is 2.48. The topological polar surface area (TPSA) is 0 Å². The van der Waals surface area contributed by atoms with Crippen LogP contribution in [-0.2, 0) is 0 Å². The fourth-order valence-corrected chi connectivity index (χ4v) is 3.74. The lowest BCUT2D eigenvalue weighted by atomic mass is 10.1. The van der Waals surface area contributed by atoms with Crippen LogP contribution in [0.5, 0.6) is 0 Å². The highest BCUT2D eigenvalue weighted by Gasteiger charge is 1.96. The van der Waals surface area contributed by atoms with Gasteiger partial charge in [-0.25, -0.2) is 0 Å². The van der Waals surface area contributed by atoms with Crippen LogP contribution >= 0.6 is 23.5 Å². The van der Waals surface area contributed by atoms with Gasteiger partial charge in [0.1, 0.15) is 0 Å². The predicted molar refractivity (Wildman–Crippen MR) is 96.4 cm³/mol. The van der Waals surface area contributed by atoms with Crippen molar-refractivity contribution in [3.05, 3.63) is 6.42 Å². The number of hydrogen-bond donors (Lipinski definition) is 0. The minimum absolute atomic E-state index is 0.876. The molecule has 0 nitrogen and oxygen atoms in total. The lowest BCUT2D eigenvalue weighted by molar-refractivity contribution is 0.579. The predicted octanol–water partition coefficient (Wildman–Crippen LogP) is 6.45. The molecule has 0 N–H and O–H groups in total. The molecule has 0 fully saturated rings. The molecule has 0 aliphatic heterocycles. The molecular weight excluding hydrogens is 268 g/mol. The minimum atomic E-state index is 0.876. The molecule has 1 radical (unpaired) electrons. The summed E-state index contributed by atoms with van der Waals surface area (Å²) in [5.41, 5.74) is 0. The van der Waals surface area contributed by atoms with Crippen molar-refractivity contribution in [2.75, 3.05) is 23.0 Å². The van der Waals surface area contributed by atoms with Crippen molar-refractivity contribution in [2.45, 2.75) is 72.1 Å². The number of unbranched alkanes of at least 4 members (excludes halogenated alkanes) is 5. The molecule has 0 aromatic heterocycles. The molecule has 0 aliphatic rings. The highest BCUT2D eigenvalue weighted by Crippen LogP contribution is 2.13. The Kier molecular flexibility index (Phi) is 17.4. The largest absolute Gasteiger partial charge is 0.162 e. The first-order valence-electron chi connectivity index (χ1n) is 8.24. The highest BCUT2D eigenvalue weighted by atomic mass is 32.2. The second kappa shape index (κ2) is 16.8. The fourth-order valence-electron chi connectivity index (χ4n) is 1.92. The molecule has 115 valence electrons. The van der Waals surface area contributed by atoms with Gasteiger partial charge in [0.05, 0.1) is 0 Å². The Bertz CT molecular complexity index is 157. The molecule has 0 saturated carbocycles. The molecule has 0 aromatic rings. The van der Waals surface area contributed by atoms with Gasteiger partial charge in [-0.05, 0) is 54.6 Å². The van der Waals surface area contributed by atoms with Crippen LogP contribution in [0.2, 0.25) is 0 Å². The van der Waals surface area contributed by atoms with Crippen molar-refractivity contribution in [2.24, 2.45) is 5.92 Å². The van der Waals surface area contributed by atoms with Crippen LogP contribution in [0.3, 0.4) is 0 Å². The molecule has 0 aliphatic carbocycles. The highest BCUT2D eigenvalue weighted by molar-refractivity contribution is 7.99. The summed E-state index contributed by atoms with van der Waals surface area (Å²) in [6.07, 6.45) is 13.6. The van der Waals surface area contributed by atoms with E-state index >= 15 is 0 Å². The summed E-state index contributed by atoms with van der Waals surface area (Å²) in [5.74, 6) is 6.19. The monoisotopic (exact) mass is 303 g/mol. The van der Waals surface area contributed by atoms with E-state index in [1.807, 2.05) is 0 Å². The van der Waals surface area contributed by atoms with Gasteiger partial charge in [0.15, 0.2) is 0 Å². The van der Waals surface area contributed by atoms with Crippen molar-refractivity contribution >= 4 is 23.5 Å². The molecule has 0 spiro atoms. The van der Waals surface area contributed by atoms with E-state index in [1.54, 1.807) is 0 Å². The van der Waals surface area contributed by atoms with Gasteiger partial charge in [-0.2, -0.15) is 23.5 Å². The summed E-state index contributed by atoms with van der Waals surface area (Å²) in [4.78, 5) is 0. The van der Waals surface area contributed by atoms with E-state index in [4.69, 9.17) is 0 Å². The van der Waals surface area contributed by atoms with Crippen LogP contribution in [0.25, 0.3) is 0 Å². The van der Waals surface area contributed by atoms with E-state index in [9.17, 15) is 0 Å².